The molecule has 0 bridgehead atoms. The number of nitro benzene ring substituents is 1. The molecule has 1 aromatic carbocycles. The van der Waals surface area contributed by atoms with Crippen molar-refractivity contribution in [3.63, 3.8) is 0 Å². The summed E-state index contributed by atoms with van der Waals surface area (Å²) in [7, 11) is -3.02. The summed E-state index contributed by atoms with van der Waals surface area (Å²) in [4.78, 5) is 21.3. The molecule has 1 heterocycles. The van der Waals surface area contributed by atoms with Gasteiger partial charge in [0.05, 0.1) is 16.4 Å². The first kappa shape index (κ1) is 15.2. The molecule has 2 rings (SSSR count). The van der Waals surface area contributed by atoms with E-state index in [-0.39, 0.29) is 29.7 Å². The molecule has 0 saturated carbocycles. The normalized spacial score (nSPS) is 20.1. The number of carbonyl (C=O) groups is 1. The van der Waals surface area contributed by atoms with Gasteiger partial charge in [-0.25, -0.2) is 13.2 Å². The van der Waals surface area contributed by atoms with Gasteiger partial charge in [-0.2, -0.15) is 0 Å². The molecule has 1 unspecified atom stereocenters. The van der Waals surface area contributed by atoms with Gasteiger partial charge in [-0.1, -0.05) is 6.07 Å². The fourth-order valence-corrected chi connectivity index (χ4v) is 4.20. The van der Waals surface area contributed by atoms with E-state index in [4.69, 9.17) is 5.11 Å². The number of hydrogen-bond acceptors (Lipinski definition) is 6. The van der Waals surface area contributed by atoms with Gasteiger partial charge in [-0.05, 0) is 24.5 Å². The fourth-order valence-electron chi connectivity index (χ4n) is 2.34. The minimum Gasteiger partial charge on any atom is -0.477 e. The van der Waals surface area contributed by atoms with E-state index < -0.39 is 32.0 Å². The second kappa shape index (κ2) is 5.68. The van der Waals surface area contributed by atoms with Crippen molar-refractivity contribution in [1.82, 2.24) is 0 Å². The van der Waals surface area contributed by atoms with Crippen LogP contribution in [0.5, 0.6) is 0 Å². The van der Waals surface area contributed by atoms with E-state index in [1.54, 1.807) is 0 Å². The molecule has 1 atom stereocenters. The second-order valence-electron chi connectivity index (χ2n) is 4.91. The maximum absolute atomic E-state index is 11.4. The van der Waals surface area contributed by atoms with Gasteiger partial charge in [0, 0.05) is 6.54 Å². The number of hydrogen-bond donors (Lipinski definition) is 2. The average molecular weight is 314 g/mol. The van der Waals surface area contributed by atoms with Gasteiger partial charge in [-0.3, -0.25) is 10.1 Å². The molecule has 1 fully saturated rings. The summed E-state index contributed by atoms with van der Waals surface area (Å²) in [5.74, 6) is -1.33. The van der Waals surface area contributed by atoms with Crippen molar-refractivity contribution in [2.24, 2.45) is 5.92 Å². The molecule has 8 nitrogen and oxygen atoms in total. The maximum atomic E-state index is 11.4. The molecular weight excluding hydrogens is 300 g/mol. The largest absolute Gasteiger partial charge is 0.477 e. The lowest BCUT2D eigenvalue weighted by atomic mass is 10.1. The number of anilines is 1. The van der Waals surface area contributed by atoms with Crippen molar-refractivity contribution in [3.05, 3.63) is 33.9 Å². The average Bonchev–Trinajstić information content (AvgIpc) is 2.75. The zero-order chi connectivity index (χ0) is 15.6. The molecule has 1 saturated heterocycles. The van der Waals surface area contributed by atoms with Crippen LogP contribution in [0.2, 0.25) is 0 Å². The summed E-state index contributed by atoms with van der Waals surface area (Å²) < 4.78 is 22.7. The molecule has 114 valence electrons. The van der Waals surface area contributed by atoms with Crippen LogP contribution in [-0.2, 0) is 9.84 Å². The van der Waals surface area contributed by atoms with E-state index in [0.29, 0.717) is 6.42 Å². The van der Waals surface area contributed by atoms with Gasteiger partial charge in [0.1, 0.15) is 11.3 Å². The van der Waals surface area contributed by atoms with Crippen LogP contribution in [0.4, 0.5) is 11.4 Å². The summed E-state index contributed by atoms with van der Waals surface area (Å²) in [6.07, 6.45) is 0.502. The van der Waals surface area contributed by atoms with E-state index in [1.807, 2.05) is 0 Å². The quantitative estimate of drug-likeness (QED) is 0.616. The second-order valence-corrected chi connectivity index (χ2v) is 7.14. The third-order valence-corrected chi connectivity index (χ3v) is 5.19. The molecule has 1 aromatic rings. The molecule has 1 aliphatic heterocycles. The third-order valence-electron chi connectivity index (χ3n) is 3.36. The first-order valence-electron chi connectivity index (χ1n) is 6.25. The predicted molar refractivity (Wildman–Crippen MR) is 75.3 cm³/mol. The van der Waals surface area contributed by atoms with Crippen molar-refractivity contribution in [3.8, 4) is 0 Å². The molecule has 0 amide bonds. The number of aromatic carboxylic acids is 1. The smallest absolute Gasteiger partial charge is 0.342 e. The van der Waals surface area contributed by atoms with Crippen LogP contribution in [0.15, 0.2) is 18.2 Å². The van der Waals surface area contributed by atoms with E-state index in [9.17, 15) is 23.3 Å². The minimum atomic E-state index is -3.02. The zero-order valence-corrected chi connectivity index (χ0v) is 11.8. The monoisotopic (exact) mass is 314 g/mol. The highest BCUT2D eigenvalue weighted by molar-refractivity contribution is 7.91. The summed E-state index contributed by atoms with van der Waals surface area (Å²) >= 11 is 0. The van der Waals surface area contributed by atoms with Crippen molar-refractivity contribution in [1.29, 1.82) is 0 Å². The van der Waals surface area contributed by atoms with Crippen LogP contribution in [-0.4, -0.2) is 42.5 Å². The highest BCUT2D eigenvalue weighted by Gasteiger charge is 2.29. The van der Waals surface area contributed by atoms with Crippen LogP contribution >= 0.6 is 0 Å². The van der Waals surface area contributed by atoms with Crippen molar-refractivity contribution >= 4 is 27.2 Å². The number of carboxylic acids is 1. The maximum Gasteiger partial charge on any atom is 0.342 e. The Balaban J connectivity index is 2.19. The first-order chi connectivity index (χ1) is 9.80. The SMILES string of the molecule is O=C(O)c1cccc(NCC2CCS(=O)(=O)C2)c1[N+](=O)[O-]. The van der Waals surface area contributed by atoms with E-state index in [2.05, 4.69) is 5.32 Å². The van der Waals surface area contributed by atoms with Crippen molar-refractivity contribution in [2.75, 3.05) is 23.4 Å². The summed E-state index contributed by atoms with van der Waals surface area (Å²) in [6, 6.07) is 3.98. The van der Waals surface area contributed by atoms with Gasteiger partial charge in [0.2, 0.25) is 0 Å². The Morgan fingerprint density at radius 2 is 2.19 bits per heavy atom. The number of nitro groups is 1. The highest BCUT2D eigenvalue weighted by Crippen LogP contribution is 2.29. The molecule has 0 spiro atoms. The van der Waals surface area contributed by atoms with Gasteiger partial charge in [0.15, 0.2) is 9.84 Å². The van der Waals surface area contributed by atoms with E-state index >= 15 is 0 Å². The highest BCUT2D eigenvalue weighted by atomic mass is 32.2. The number of benzene rings is 1. The van der Waals surface area contributed by atoms with Crippen molar-refractivity contribution < 1.29 is 23.2 Å². The van der Waals surface area contributed by atoms with Gasteiger partial charge in [0.25, 0.3) is 0 Å². The number of sulfone groups is 1. The number of carboxylic acid groups (broad SMARTS) is 1. The number of nitrogens with one attached hydrogen (secondary N) is 1. The molecular formula is C12H14N2O6S. The molecule has 1 aliphatic rings. The van der Waals surface area contributed by atoms with Crippen molar-refractivity contribution in [2.45, 2.75) is 6.42 Å². The Kier molecular flexibility index (Phi) is 4.12. The molecule has 0 aromatic heterocycles. The van der Waals surface area contributed by atoms with Gasteiger partial charge < -0.3 is 10.4 Å². The Labute approximate surface area is 120 Å². The number of rotatable bonds is 5. The summed E-state index contributed by atoms with van der Waals surface area (Å²) in [5, 5.41) is 22.8. The van der Waals surface area contributed by atoms with E-state index in [0.717, 1.165) is 6.07 Å². The lowest BCUT2D eigenvalue weighted by molar-refractivity contribution is -0.384. The van der Waals surface area contributed by atoms with E-state index in [1.165, 1.54) is 12.1 Å². The van der Waals surface area contributed by atoms with Crippen LogP contribution in [0.25, 0.3) is 0 Å². The Hall–Kier alpha value is -2.16. The number of para-hydroxylation sites is 1. The van der Waals surface area contributed by atoms with Crippen LogP contribution < -0.4 is 5.32 Å². The Morgan fingerprint density at radius 1 is 1.48 bits per heavy atom. The molecule has 2 N–H and O–H groups in total. The third kappa shape index (κ3) is 3.48. The Bertz CT molecular complexity index is 685. The lowest BCUT2D eigenvalue weighted by Crippen LogP contribution is -2.17. The fraction of sp³-hybridized carbons (Fsp3) is 0.417. The van der Waals surface area contributed by atoms with Crippen LogP contribution in [0.1, 0.15) is 16.8 Å². The standard InChI is InChI=1S/C12H14N2O6S/c15-12(16)9-2-1-3-10(11(9)14(17)18)13-6-8-4-5-21(19,20)7-8/h1-3,8,13H,4-7H2,(H,15,16). The topological polar surface area (TPSA) is 127 Å². The van der Waals surface area contributed by atoms with Gasteiger partial charge in [-0.15, -0.1) is 0 Å². The molecule has 0 aliphatic carbocycles. The predicted octanol–water partition coefficient (Wildman–Crippen LogP) is 1.14. The molecule has 0 radical (unpaired) electrons. The molecule has 21 heavy (non-hydrogen) atoms. The van der Waals surface area contributed by atoms with Gasteiger partial charge >= 0.3 is 11.7 Å². The molecule has 9 heteroatoms. The van der Waals surface area contributed by atoms with Crippen LogP contribution in [0.3, 0.4) is 0 Å². The first-order valence-corrected chi connectivity index (χ1v) is 8.07. The lowest BCUT2D eigenvalue weighted by Gasteiger charge is -2.12. The number of nitrogens with zero attached hydrogens (tertiary/aromatic N) is 1. The minimum absolute atomic E-state index is 0.0480. The Morgan fingerprint density at radius 3 is 2.71 bits per heavy atom. The summed E-state index contributed by atoms with van der Waals surface area (Å²) in [5.41, 5.74) is -0.820. The van der Waals surface area contributed by atoms with Crippen LogP contribution in [0, 0.1) is 16.0 Å². The zero-order valence-electron chi connectivity index (χ0n) is 11.0. The summed E-state index contributed by atoms with van der Waals surface area (Å²) in [6.45, 7) is 0.253.